The number of aryl methyl sites for hydroxylation is 1. The molecule has 0 aliphatic carbocycles. The summed E-state index contributed by atoms with van der Waals surface area (Å²) in [6.07, 6.45) is 6.10. The molecule has 0 N–H and O–H groups in total. The summed E-state index contributed by atoms with van der Waals surface area (Å²) in [4.78, 5) is 12.4. The molecule has 1 unspecified atom stereocenters. The summed E-state index contributed by atoms with van der Waals surface area (Å²) in [5, 5.41) is 16.9. The molecular weight excluding hydrogens is 302 g/mol. The van der Waals surface area contributed by atoms with E-state index in [0.717, 1.165) is 11.1 Å². The van der Waals surface area contributed by atoms with Gasteiger partial charge in [-0.15, -0.1) is 10.2 Å². The van der Waals surface area contributed by atoms with Gasteiger partial charge in [-0.1, -0.05) is 18.2 Å². The largest absolute Gasteiger partial charge is 0.264 e. The second-order valence-electron chi connectivity index (χ2n) is 4.92. The second-order valence-corrected chi connectivity index (χ2v) is 4.92. The number of nitrogens with zero attached hydrogens (tertiary/aromatic N) is 7. The van der Waals surface area contributed by atoms with E-state index in [-0.39, 0.29) is 0 Å². The van der Waals surface area contributed by atoms with Gasteiger partial charge in [0.1, 0.15) is 0 Å². The summed E-state index contributed by atoms with van der Waals surface area (Å²) in [6, 6.07) is 12.9. The summed E-state index contributed by atoms with van der Waals surface area (Å²) < 4.78 is 0. The summed E-state index contributed by atoms with van der Waals surface area (Å²) in [6.45, 7) is 1.93. The second kappa shape index (κ2) is 7.77. The minimum atomic E-state index is -0.609. The van der Waals surface area contributed by atoms with Crippen LogP contribution in [0.25, 0.3) is 0 Å². The number of aromatic nitrogens is 3. The average Bonchev–Trinajstić information content (AvgIpc) is 2.65. The van der Waals surface area contributed by atoms with Crippen LogP contribution in [0.4, 0.5) is 11.6 Å². The normalized spacial score (nSPS) is 12.7. The minimum absolute atomic E-state index is 0.510. The van der Waals surface area contributed by atoms with E-state index in [0.29, 0.717) is 11.6 Å². The van der Waals surface area contributed by atoms with Crippen LogP contribution < -0.4 is 0 Å². The van der Waals surface area contributed by atoms with E-state index in [2.05, 4.69) is 35.4 Å². The van der Waals surface area contributed by atoms with Crippen molar-refractivity contribution >= 4 is 11.6 Å². The van der Waals surface area contributed by atoms with Gasteiger partial charge >= 0.3 is 0 Å². The van der Waals surface area contributed by atoms with E-state index in [1.54, 1.807) is 30.9 Å². The molecule has 24 heavy (non-hydrogen) atoms. The van der Waals surface area contributed by atoms with E-state index in [4.69, 9.17) is 0 Å². The maximum Gasteiger partial charge on any atom is 0.208 e. The van der Waals surface area contributed by atoms with Crippen LogP contribution in [0.2, 0.25) is 0 Å². The number of rotatable bonds is 5. The van der Waals surface area contributed by atoms with Crippen molar-refractivity contribution in [3.63, 3.8) is 0 Å². The van der Waals surface area contributed by atoms with Gasteiger partial charge in [0.2, 0.25) is 6.17 Å². The van der Waals surface area contributed by atoms with Gasteiger partial charge in [0, 0.05) is 30.4 Å². The van der Waals surface area contributed by atoms with Crippen LogP contribution in [0.3, 0.4) is 0 Å². The predicted octanol–water partition coefficient (Wildman–Crippen LogP) is 4.75. The van der Waals surface area contributed by atoms with Gasteiger partial charge in [-0.3, -0.25) is 4.98 Å². The molecule has 0 aliphatic heterocycles. The van der Waals surface area contributed by atoms with Crippen LogP contribution in [0.1, 0.15) is 17.3 Å². The van der Waals surface area contributed by atoms with Gasteiger partial charge in [0.05, 0.1) is 0 Å². The van der Waals surface area contributed by atoms with Crippen LogP contribution >= 0.6 is 0 Å². The Balaban J connectivity index is 1.88. The number of azo groups is 2. The van der Waals surface area contributed by atoms with E-state index in [1.165, 1.54) is 0 Å². The van der Waals surface area contributed by atoms with Gasteiger partial charge in [0.15, 0.2) is 11.6 Å². The molecule has 0 aliphatic rings. The molecule has 1 atom stereocenters. The first-order chi connectivity index (χ1) is 11.8. The standard InChI is InChI=1S/C17H15N7/c1-13-6-4-11-20-16(13)22-24-17(14-7-5-9-18-12-14)23-21-15-8-2-3-10-19-15/h2-12,17H,1H3. The summed E-state index contributed by atoms with van der Waals surface area (Å²) >= 11 is 0. The van der Waals surface area contributed by atoms with Gasteiger partial charge in [-0.05, 0) is 36.8 Å². The first kappa shape index (κ1) is 15.5. The number of hydrogen-bond donors (Lipinski definition) is 0. The number of hydrogen-bond acceptors (Lipinski definition) is 7. The molecular formula is C17H15N7. The fourth-order valence-corrected chi connectivity index (χ4v) is 1.90. The van der Waals surface area contributed by atoms with Crippen molar-refractivity contribution in [3.05, 3.63) is 78.4 Å². The van der Waals surface area contributed by atoms with E-state index in [9.17, 15) is 0 Å². The highest BCUT2D eigenvalue weighted by molar-refractivity contribution is 5.35. The first-order valence-electron chi connectivity index (χ1n) is 7.37. The van der Waals surface area contributed by atoms with Crippen molar-refractivity contribution in [1.82, 2.24) is 15.0 Å². The van der Waals surface area contributed by atoms with Gasteiger partial charge < -0.3 is 0 Å². The Bertz CT molecular complexity index is 832. The Kier molecular flexibility index (Phi) is 5.03. The van der Waals surface area contributed by atoms with Crippen LogP contribution in [-0.2, 0) is 0 Å². The molecule has 0 radical (unpaired) electrons. The summed E-state index contributed by atoms with van der Waals surface area (Å²) in [5.41, 5.74) is 1.72. The Labute approximate surface area is 139 Å². The zero-order valence-electron chi connectivity index (χ0n) is 13.1. The highest BCUT2D eigenvalue weighted by Crippen LogP contribution is 2.23. The lowest BCUT2D eigenvalue weighted by Gasteiger charge is -2.05. The highest BCUT2D eigenvalue weighted by Gasteiger charge is 2.09. The lowest BCUT2D eigenvalue weighted by atomic mass is 10.2. The molecule has 3 heterocycles. The van der Waals surface area contributed by atoms with Crippen molar-refractivity contribution in [2.24, 2.45) is 20.5 Å². The fraction of sp³-hybridized carbons (Fsp3) is 0.118. The maximum atomic E-state index is 4.27. The SMILES string of the molecule is Cc1cccnc1N=NC(N=Nc1ccccn1)c1cccnc1. The van der Waals surface area contributed by atoms with Crippen molar-refractivity contribution < 1.29 is 0 Å². The number of pyridine rings is 3. The monoisotopic (exact) mass is 317 g/mol. The molecule has 118 valence electrons. The molecule has 7 nitrogen and oxygen atoms in total. The third kappa shape index (κ3) is 4.10. The molecule has 3 rings (SSSR count). The molecule has 0 saturated carbocycles. The molecule has 0 saturated heterocycles. The van der Waals surface area contributed by atoms with Crippen molar-refractivity contribution in [3.8, 4) is 0 Å². The van der Waals surface area contributed by atoms with Gasteiger partial charge in [-0.25, -0.2) is 9.97 Å². The zero-order chi connectivity index (χ0) is 16.6. The lowest BCUT2D eigenvalue weighted by Crippen LogP contribution is -1.91. The smallest absolute Gasteiger partial charge is 0.208 e. The first-order valence-corrected chi connectivity index (χ1v) is 7.37. The Morgan fingerprint density at radius 1 is 0.833 bits per heavy atom. The van der Waals surface area contributed by atoms with Crippen LogP contribution in [-0.4, -0.2) is 15.0 Å². The lowest BCUT2D eigenvalue weighted by molar-refractivity contribution is 0.682. The Hall–Kier alpha value is -3.35. The Morgan fingerprint density at radius 2 is 1.67 bits per heavy atom. The molecule has 0 bridgehead atoms. The van der Waals surface area contributed by atoms with E-state index in [1.807, 2.05) is 43.3 Å². The topological polar surface area (TPSA) is 88.1 Å². The van der Waals surface area contributed by atoms with Crippen molar-refractivity contribution in [2.75, 3.05) is 0 Å². The molecule has 3 aromatic rings. The molecule has 0 amide bonds. The van der Waals surface area contributed by atoms with Crippen molar-refractivity contribution in [1.29, 1.82) is 0 Å². The van der Waals surface area contributed by atoms with Crippen LogP contribution in [0.5, 0.6) is 0 Å². The van der Waals surface area contributed by atoms with E-state index >= 15 is 0 Å². The third-order valence-corrected chi connectivity index (χ3v) is 3.15. The summed E-state index contributed by atoms with van der Waals surface area (Å²) in [5.74, 6) is 1.06. The van der Waals surface area contributed by atoms with Crippen molar-refractivity contribution in [2.45, 2.75) is 13.1 Å². The predicted molar refractivity (Wildman–Crippen MR) is 89.2 cm³/mol. The molecule has 3 aromatic heterocycles. The van der Waals surface area contributed by atoms with Crippen LogP contribution in [0, 0.1) is 6.92 Å². The molecule has 0 spiro atoms. The zero-order valence-corrected chi connectivity index (χ0v) is 13.1. The van der Waals surface area contributed by atoms with Crippen LogP contribution in [0.15, 0.2) is 87.7 Å². The van der Waals surface area contributed by atoms with E-state index < -0.39 is 6.17 Å². The molecule has 0 aromatic carbocycles. The highest BCUT2D eigenvalue weighted by atomic mass is 15.3. The quantitative estimate of drug-likeness (QED) is 0.636. The average molecular weight is 317 g/mol. The third-order valence-electron chi connectivity index (χ3n) is 3.15. The van der Waals surface area contributed by atoms with Gasteiger partial charge in [0.25, 0.3) is 0 Å². The van der Waals surface area contributed by atoms with Gasteiger partial charge in [-0.2, -0.15) is 10.2 Å². The summed E-state index contributed by atoms with van der Waals surface area (Å²) in [7, 11) is 0. The maximum absolute atomic E-state index is 4.27. The minimum Gasteiger partial charge on any atom is -0.264 e. The Morgan fingerprint density at radius 3 is 2.42 bits per heavy atom. The molecule has 0 fully saturated rings. The molecule has 7 heteroatoms. The fourth-order valence-electron chi connectivity index (χ4n) is 1.90.